The van der Waals surface area contributed by atoms with E-state index < -0.39 is 0 Å². The molecule has 2 heterocycles. The Kier molecular flexibility index (Phi) is 3.55. The lowest BCUT2D eigenvalue weighted by molar-refractivity contribution is 0.0804. The van der Waals surface area contributed by atoms with Gasteiger partial charge >= 0.3 is 0 Å². The molecule has 0 aliphatic rings. The monoisotopic (exact) mass is 261 g/mol. The van der Waals surface area contributed by atoms with Gasteiger partial charge in [0.15, 0.2) is 0 Å². The number of pyridine rings is 1. The number of hydrogen-bond donors (Lipinski definition) is 0. The number of amides is 1. The van der Waals surface area contributed by atoms with E-state index in [0.29, 0.717) is 23.5 Å². The van der Waals surface area contributed by atoms with E-state index in [1.54, 1.807) is 11.9 Å². The first-order valence-electron chi connectivity index (χ1n) is 6.48. The summed E-state index contributed by atoms with van der Waals surface area (Å²) < 4.78 is 5.21. The Morgan fingerprint density at radius 3 is 2.74 bits per heavy atom. The molecule has 0 saturated carbocycles. The number of aryl methyl sites for hydroxylation is 1. The molecule has 0 aromatic carbocycles. The minimum absolute atomic E-state index is 0.0249. The van der Waals surface area contributed by atoms with Crippen LogP contribution in [0.3, 0.4) is 0 Å². The molecule has 0 aliphatic heterocycles. The molecule has 102 valence electrons. The van der Waals surface area contributed by atoms with E-state index in [2.05, 4.69) is 10.1 Å². The molecule has 1 amide bonds. The van der Waals surface area contributed by atoms with Crippen molar-refractivity contribution in [3.05, 3.63) is 23.0 Å². The van der Waals surface area contributed by atoms with Crippen molar-refractivity contribution >= 4 is 17.0 Å². The molecule has 5 nitrogen and oxygen atoms in total. The molecular weight excluding hydrogens is 242 g/mol. The molecule has 0 radical (unpaired) electrons. The average Bonchev–Trinajstić information content (AvgIpc) is 2.77. The van der Waals surface area contributed by atoms with E-state index in [4.69, 9.17) is 4.52 Å². The molecule has 19 heavy (non-hydrogen) atoms. The molecule has 0 bridgehead atoms. The molecular formula is C14H19N3O2. The molecule has 0 saturated heterocycles. The zero-order valence-corrected chi connectivity index (χ0v) is 12.0. The summed E-state index contributed by atoms with van der Waals surface area (Å²) in [6.45, 7) is 8.50. The van der Waals surface area contributed by atoms with Crippen molar-refractivity contribution in [2.75, 3.05) is 13.6 Å². The lowest BCUT2D eigenvalue weighted by atomic mass is 10.0. The molecule has 2 aromatic rings. The van der Waals surface area contributed by atoms with Gasteiger partial charge in [-0.2, -0.15) is 0 Å². The molecule has 0 aliphatic carbocycles. The van der Waals surface area contributed by atoms with Crippen molar-refractivity contribution in [3.63, 3.8) is 0 Å². The van der Waals surface area contributed by atoms with Crippen LogP contribution in [-0.4, -0.2) is 34.5 Å². The van der Waals surface area contributed by atoms with E-state index in [-0.39, 0.29) is 11.8 Å². The summed E-state index contributed by atoms with van der Waals surface area (Å²) in [5.74, 6) is 0.205. The van der Waals surface area contributed by atoms with Gasteiger partial charge in [-0.15, -0.1) is 0 Å². The summed E-state index contributed by atoms with van der Waals surface area (Å²) in [6.07, 6.45) is 0. The normalized spacial score (nSPS) is 11.3. The van der Waals surface area contributed by atoms with Gasteiger partial charge < -0.3 is 9.42 Å². The van der Waals surface area contributed by atoms with Crippen LogP contribution >= 0.6 is 0 Å². The first-order valence-corrected chi connectivity index (χ1v) is 6.48. The maximum absolute atomic E-state index is 12.4. The zero-order chi connectivity index (χ0) is 14.2. The Balaban J connectivity index is 2.68. The van der Waals surface area contributed by atoms with E-state index in [1.807, 2.05) is 33.8 Å². The lowest BCUT2D eigenvalue weighted by Gasteiger charge is -2.16. The Hall–Kier alpha value is -1.91. The quantitative estimate of drug-likeness (QED) is 0.852. The summed E-state index contributed by atoms with van der Waals surface area (Å²) >= 11 is 0. The number of fused-ring (bicyclic) bond motifs is 1. The number of rotatable bonds is 3. The van der Waals surface area contributed by atoms with E-state index in [0.717, 1.165) is 11.1 Å². The second-order valence-electron chi connectivity index (χ2n) is 5.02. The molecule has 0 unspecified atom stereocenters. The van der Waals surface area contributed by atoms with Crippen LogP contribution in [0.1, 0.15) is 48.4 Å². The summed E-state index contributed by atoms with van der Waals surface area (Å²) in [5.41, 5.74) is 2.61. The number of nitrogens with zero attached hydrogens (tertiary/aromatic N) is 3. The van der Waals surface area contributed by atoms with Crippen LogP contribution in [0.5, 0.6) is 0 Å². The summed E-state index contributed by atoms with van der Waals surface area (Å²) in [6, 6.07) is 1.85. The van der Waals surface area contributed by atoms with Gasteiger partial charge in [0.2, 0.25) is 0 Å². The van der Waals surface area contributed by atoms with Crippen LogP contribution in [0, 0.1) is 6.92 Å². The predicted molar refractivity (Wildman–Crippen MR) is 73.3 cm³/mol. The van der Waals surface area contributed by atoms with Gasteiger partial charge in [0.05, 0.1) is 16.6 Å². The highest BCUT2D eigenvalue weighted by Gasteiger charge is 2.21. The van der Waals surface area contributed by atoms with Crippen molar-refractivity contribution < 1.29 is 9.32 Å². The fourth-order valence-electron chi connectivity index (χ4n) is 1.93. The van der Waals surface area contributed by atoms with Gasteiger partial charge in [-0.05, 0) is 25.8 Å². The number of carbonyl (C=O) groups excluding carboxylic acids is 1. The van der Waals surface area contributed by atoms with Crippen LogP contribution in [0.25, 0.3) is 11.1 Å². The Morgan fingerprint density at radius 2 is 2.16 bits per heavy atom. The van der Waals surface area contributed by atoms with Crippen LogP contribution in [-0.2, 0) is 0 Å². The zero-order valence-electron chi connectivity index (χ0n) is 12.0. The van der Waals surface area contributed by atoms with Gasteiger partial charge in [-0.3, -0.25) is 4.79 Å². The van der Waals surface area contributed by atoms with E-state index in [1.165, 1.54) is 0 Å². The summed E-state index contributed by atoms with van der Waals surface area (Å²) in [5, 5.41) is 4.63. The van der Waals surface area contributed by atoms with Crippen LogP contribution in [0.2, 0.25) is 0 Å². The standard InChI is InChI=1S/C14H19N3O2/c1-6-17(5)14(18)10-7-11(8(2)3)15-13-12(10)9(4)16-19-13/h7-8H,6H2,1-5H3. The smallest absolute Gasteiger partial charge is 0.259 e. The third kappa shape index (κ3) is 2.32. The molecule has 5 heteroatoms. The molecule has 0 fully saturated rings. The third-order valence-corrected chi connectivity index (χ3v) is 3.28. The molecule has 0 spiro atoms. The van der Waals surface area contributed by atoms with Gasteiger partial charge in [0.25, 0.3) is 11.6 Å². The second kappa shape index (κ2) is 4.99. The fraction of sp³-hybridized carbons (Fsp3) is 0.500. The van der Waals surface area contributed by atoms with E-state index in [9.17, 15) is 4.79 Å². The maximum Gasteiger partial charge on any atom is 0.259 e. The number of carbonyl (C=O) groups is 1. The van der Waals surface area contributed by atoms with Gasteiger partial charge in [0.1, 0.15) is 0 Å². The molecule has 0 atom stereocenters. The minimum Gasteiger partial charge on any atom is -0.342 e. The second-order valence-corrected chi connectivity index (χ2v) is 5.02. The third-order valence-electron chi connectivity index (χ3n) is 3.28. The maximum atomic E-state index is 12.4. The van der Waals surface area contributed by atoms with Crippen molar-refractivity contribution in [3.8, 4) is 0 Å². The highest BCUT2D eigenvalue weighted by atomic mass is 16.5. The van der Waals surface area contributed by atoms with Gasteiger partial charge in [-0.25, -0.2) is 4.98 Å². The molecule has 2 rings (SSSR count). The SMILES string of the molecule is CCN(C)C(=O)c1cc(C(C)C)nc2onc(C)c12. The number of aromatic nitrogens is 2. The predicted octanol–water partition coefficient (Wildman–Crippen LogP) is 2.75. The lowest BCUT2D eigenvalue weighted by Crippen LogP contribution is -2.26. The van der Waals surface area contributed by atoms with Crippen molar-refractivity contribution in [2.45, 2.75) is 33.6 Å². The average molecular weight is 261 g/mol. The van der Waals surface area contributed by atoms with Crippen LogP contribution in [0.15, 0.2) is 10.6 Å². The summed E-state index contributed by atoms with van der Waals surface area (Å²) in [7, 11) is 1.78. The first kappa shape index (κ1) is 13.5. The number of hydrogen-bond acceptors (Lipinski definition) is 4. The molecule has 2 aromatic heterocycles. The van der Waals surface area contributed by atoms with Crippen molar-refractivity contribution in [1.82, 2.24) is 15.0 Å². The Labute approximate surface area is 112 Å². The topological polar surface area (TPSA) is 59.2 Å². The van der Waals surface area contributed by atoms with Gasteiger partial charge in [0, 0.05) is 19.3 Å². The van der Waals surface area contributed by atoms with Crippen LogP contribution < -0.4 is 0 Å². The van der Waals surface area contributed by atoms with Gasteiger partial charge in [-0.1, -0.05) is 19.0 Å². The van der Waals surface area contributed by atoms with Crippen molar-refractivity contribution in [1.29, 1.82) is 0 Å². The highest BCUT2D eigenvalue weighted by Crippen LogP contribution is 2.25. The first-order chi connectivity index (χ1) is 8.95. The molecule has 0 N–H and O–H groups in total. The highest BCUT2D eigenvalue weighted by molar-refractivity contribution is 6.05. The largest absolute Gasteiger partial charge is 0.342 e. The van der Waals surface area contributed by atoms with Crippen molar-refractivity contribution in [2.24, 2.45) is 0 Å². The van der Waals surface area contributed by atoms with E-state index >= 15 is 0 Å². The fourth-order valence-corrected chi connectivity index (χ4v) is 1.93. The Morgan fingerprint density at radius 1 is 1.47 bits per heavy atom. The summed E-state index contributed by atoms with van der Waals surface area (Å²) in [4.78, 5) is 18.5. The minimum atomic E-state index is -0.0249. The Bertz CT molecular complexity index is 616. The van der Waals surface area contributed by atoms with Crippen LogP contribution in [0.4, 0.5) is 0 Å².